The lowest BCUT2D eigenvalue weighted by atomic mass is 9.45. The predicted molar refractivity (Wildman–Crippen MR) is 93.6 cm³/mol. The Morgan fingerprint density at radius 3 is 2.65 bits per heavy atom. The van der Waals surface area contributed by atoms with Crippen LogP contribution in [0.3, 0.4) is 0 Å². The molecule has 23 heavy (non-hydrogen) atoms. The number of fused-ring (bicyclic) bond motifs is 5. The second-order valence-corrected chi connectivity index (χ2v) is 9.27. The first-order valence-electron chi connectivity index (χ1n) is 9.71. The van der Waals surface area contributed by atoms with Crippen molar-refractivity contribution in [3.8, 4) is 0 Å². The summed E-state index contributed by atoms with van der Waals surface area (Å²) in [6, 6.07) is 0. The Bertz CT molecular complexity index is 564. The van der Waals surface area contributed by atoms with Gasteiger partial charge in [-0.25, -0.2) is 0 Å². The molecule has 2 nitrogen and oxygen atoms in total. The van der Waals surface area contributed by atoms with Crippen LogP contribution in [0.5, 0.6) is 0 Å². The molecule has 0 aliphatic heterocycles. The van der Waals surface area contributed by atoms with Crippen molar-refractivity contribution < 1.29 is 4.79 Å². The average molecular weight is 313 g/mol. The standard InChI is InChI=1S/C21H31NO/c1-20-10-7-14(9-12-22)13-15(20)3-4-16-17-5-6-19(23)21(17,2)11-8-18(16)20/h9,12,15-18,22H,3-8,10-11,13H2,1-2H3/b14-9+,22-12?/t15?,16?,17?,18?,20-,21-/m0/s1. The van der Waals surface area contributed by atoms with Crippen LogP contribution in [0, 0.1) is 39.9 Å². The van der Waals surface area contributed by atoms with Gasteiger partial charge in [0.25, 0.3) is 0 Å². The number of hydrogen-bond acceptors (Lipinski definition) is 2. The van der Waals surface area contributed by atoms with E-state index in [-0.39, 0.29) is 5.41 Å². The molecule has 4 aliphatic carbocycles. The average Bonchev–Trinajstić information content (AvgIpc) is 2.84. The number of ketones is 1. The van der Waals surface area contributed by atoms with Crippen LogP contribution in [0.2, 0.25) is 0 Å². The molecule has 0 aromatic carbocycles. The maximum Gasteiger partial charge on any atom is 0.139 e. The normalized spacial score (nSPS) is 51.0. The fraction of sp³-hybridized carbons (Fsp3) is 0.810. The van der Waals surface area contributed by atoms with Gasteiger partial charge in [-0.1, -0.05) is 19.4 Å². The van der Waals surface area contributed by atoms with Gasteiger partial charge in [-0.05, 0) is 86.5 Å². The Balaban J connectivity index is 1.61. The fourth-order valence-electron chi connectivity index (χ4n) is 7.15. The van der Waals surface area contributed by atoms with E-state index < -0.39 is 0 Å². The van der Waals surface area contributed by atoms with Crippen molar-refractivity contribution >= 4 is 12.0 Å². The van der Waals surface area contributed by atoms with Crippen molar-refractivity contribution in [3.63, 3.8) is 0 Å². The summed E-state index contributed by atoms with van der Waals surface area (Å²) in [5.74, 6) is 3.68. The maximum absolute atomic E-state index is 12.5. The molecule has 0 amide bonds. The first-order chi connectivity index (χ1) is 11.0. The van der Waals surface area contributed by atoms with Crippen LogP contribution < -0.4 is 0 Å². The van der Waals surface area contributed by atoms with Crippen LogP contribution in [-0.2, 0) is 4.79 Å². The highest BCUT2D eigenvalue weighted by atomic mass is 16.1. The molecule has 1 N–H and O–H groups in total. The molecule has 0 heterocycles. The molecule has 0 aromatic rings. The van der Waals surface area contributed by atoms with E-state index in [4.69, 9.17) is 5.41 Å². The molecule has 0 radical (unpaired) electrons. The summed E-state index contributed by atoms with van der Waals surface area (Å²) >= 11 is 0. The van der Waals surface area contributed by atoms with E-state index >= 15 is 0 Å². The Morgan fingerprint density at radius 2 is 1.87 bits per heavy atom. The molecule has 4 aliphatic rings. The third kappa shape index (κ3) is 2.13. The van der Waals surface area contributed by atoms with Gasteiger partial charge in [-0.3, -0.25) is 4.79 Å². The molecule has 0 saturated heterocycles. The van der Waals surface area contributed by atoms with E-state index in [1.165, 1.54) is 50.3 Å². The number of hydrogen-bond donors (Lipinski definition) is 1. The molecule has 2 heteroatoms. The topological polar surface area (TPSA) is 40.9 Å². The van der Waals surface area contributed by atoms with Crippen molar-refractivity contribution in [3.05, 3.63) is 11.6 Å². The minimum atomic E-state index is 0.0181. The van der Waals surface area contributed by atoms with E-state index in [2.05, 4.69) is 13.8 Å². The van der Waals surface area contributed by atoms with Crippen molar-refractivity contribution in [2.24, 2.45) is 34.5 Å². The van der Waals surface area contributed by atoms with Crippen LogP contribution in [0.4, 0.5) is 0 Å². The molecule has 4 rings (SSSR count). The van der Waals surface area contributed by atoms with E-state index in [1.807, 2.05) is 6.08 Å². The van der Waals surface area contributed by atoms with Gasteiger partial charge in [0.15, 0.2) is 0 Å². The zero-order valence-electron chi connectivity index (χ0n) is 14.7. The summed E-state index contributed by atoms with van der Waals surface area (Å²) < 4.78 is 0. The number of nitrogens with one attached hydrogen (secondary N) is 1. The van der Waals surface area contributed by atoms with Gasteiger partial charge in [-0.2, -0.15) is 0 Å². The quantitative estimate of drug-likeness (QED) is 0.666. The minimum Gasteiger partial charge on any atom is -0.309 e. The highest BCUT2D eigenvalue weighted by Gasteiger charge is 2.59. The maximum atomic E-state index is 12.5. The van der Waals surface area contributed by atoms with Gasteiger partial charge >= 0.3 is 0 Å². The molecule has 0 aromatic heterocycles. The Morgan fingerprint density at radius 1 is 1.04 bits per heavy atom. The molecule has 4 fully saturated rings. The highest BCUT2D eigenvalue weighted by Crippen LogP contribution is 2.65. The summed E-state index contributed by atoms with van der Waals surface area (Å²) in [6.07, 6.45) is 14.3. The summed E-state index contributed by atoms with van der Waals surface area (Å²) in [5, 5.41) is 7.35. The predicted octanol–water partition coefficient (Wildman–Crippen LogP) is 5.17. The zero-order valence-corrected chi connectivity index (χ0v) is 14.7. The third-order valence-electron chi connectivity index (χ3n) is 8.59. The number of allylic oxidation sites excluding steroid dienone is 2. The summed E-state index contributed by atoms with van der Waals surface area (Å²) in [7, 11) is 0. The SMILES string of the molecule is C[C@]12CC/C(=C\C=N)CC1CCC1C2CC[C@]2(C)C(=O)CCC12. The van der Waals surface area contributed by atoms with Gasteiger partial charge in [0.2, 0.25) is 0 Å². The lowest BCUT2D eigenvalue weighted by Gasteiger charge is -2.59. The summed E-state index contributed by atoms with van der Waals surface area (Å²) in [4.78, 5) is 12.5. The van der Waals surface area contributed by atoms with Crippen LogP contribution >= 0.6 is 0 Å². The first-order valence-corrected chi connectivity index (χ1v) is 9.71. The van der Waals surface area contributed by atoms with E-state index in [0.29, 0.717) is 17.1 Å². The monoisotopic (exact) mass is 313 g/mol. The highest BCUT2D eigenvalue weighted by molar-refractivity contribution is 5.87. The van der Waals surface area contributed by atoms with Gasteiger partial charge < -0.3 is 5.41 Å². The Hall–Kier alpha value is -0.920. The third-order valence-corrected chi connectivity index (χ3v) is 8.59. The van der Waals surface area contributed by atoms with Crippen LogP contribution in [-0.4, -0.2) is 12.0 Å². The lowest BCUT2D eigenvalue weighted by molar-refractivity contribution is -0.137. The molecule has 0 spiro atoms. The minimum absolute atomic E-state index is 0.0181. The lowest BCUT2D eigenvalue weighted by Crippen LogP contribution is -2.53. The summed E-state index contributed by atoms with van der Waals surface area (Å²) in [6.45, 7) is 4.85. The number of carbonyl (C=O) groups excluding carboxylic acids is 1. The zero-order chi connectivity index (χ0) is 16.2. The van der Waals surface area contributed by atoms with Gasteiger partial charge in [0.1, 0.15) is 5.78 Å². The van der Waals surface area contributed by atoms with Crippen molar-refractivity contribution in [1.82, 2.24) is 0 Å². The molecule has 4 unspecified atom stereocenters. The van der Waals surface area contributed by atoms with Crippen LogP contribution in [0.1, 0.15) is 71.6 Å². The summed E-state index contributed by atoms with van der Waals surface area (Å²) in [5.41, 5.74) is 2.00. The Labute approximate surface area is 140 Å². The number of Topliss-reactive ketones (excluding diaryl/α,β-unsaturated/α-hetero) is 1. The van der Waals surface area contributed by atoms with E-state index in [0.717, 1.165) is 37.0 Å². The second kappa shape index (κ2) is 5.29. The molecule has 0 bridgehead atoms. The first kappa shape index (κ1) is 15.6. The molecule has 4 saturated carbocycles. The van der Waals surface area contributed by atoms with Crippen LogP contribution in [0.15, 0.2) is 11.6 Å². The van der Waals surface area contributed by atoms with E-state index in [1.54, 1.807) is 0 Å². The number of carbonyl (C=O) groups is 1. The molecular weight excluding hydrogens is 282 g/mol. The fourth-order valence-corrected chi connectivity index (χ4v) is 7.15. The smallest absolute Gasteiger partial charge is 0.139 e. The largest absolute Gasteiger partial charge is 0.309 e. The van der Waals surface area contributed by atoms with Gasteiger partial charge in [0.05, 0.1) is 0 Å². The van der Waals surface area contributed by atoms with Gasteiger partial charge in [-0.15, -0.1) is 0 Å². The molecular formula is C21H31NO. The van der Waals surface area contributed by atoms with Gasteiger partial charge in [0, 0.05) is 18.1 Å². The second-order valence-electron chi connectivity index (χ2n) is 9.27. The Kier molecular flexibility index (Phi) is 3.59. The van der Waals surface area contributed by atoms with Crippen LogP contribution in [0.25, 0.3) is 0 Å². The van der Waals surface area contributed by atoms with Crippen molar-refractivity contribution in [1.29, 1.82) is 5.41 Å². The van der Waals surface area contributed by atoms with Crippen molar-refractivity contribution in [2.75, 3.05) is 0 Å². The van der Waals surface area contributed by atoms with E-state index in [9.17, 15) is 4.79 Å². The van der Waals surface area contributed by atoms with Crippen molar-refractivity contribution in [2.45, 2.75) is 71.6 Å². The molecule has 6 atom stereocenters. The number of rotatable bonds is 1. The molecule has 126 valence electrons.